The van der Waals surface area contributed by atoms with Gasteiger partial charge in [0.05, 0.1) is 16.6 Å². The summed E-state index contributed by atoms with van der Waals surface area (Å²) in [4.78, 5) is 14.6. The molecule has 1 saturated heterocycles. The number of ketones is 1. The lowest BCUT2D eigenvalue weighted by Crippen LogP contribution is -2.41. The molecule has 1 aliphatic heterocycles. The molecule has 114 valence electrons. The number of piperidine rings is 1. The molecule has 0 amide bonds. The van der Waals surface area contributed by atoms with Gasteiger partial charge in [-0.2, -0.15) is 0 Å². The number of halogens is 2. The fourth-order valence-electron chi connectivity index (χ4n) is 3.77. The van der Waals surface area contributed by atoms with Crippen molar-refractivity contribution < 1.29 is 4.79 Å². The first-order chi connectivity index (χ1) is 10.1. The minimum Gasteiger partial charge on any atom is -0.296 e. The van der Waals surface area contributed by atoms with E-state index < -0.39 is 0 Å². The molecule has 2 nitrogen and oxygen atoms in total. The highest BCUT2D eigenvalue weighted by Gasteiger charge is 2.37. The molecule has 0 bridgehead atoms. The Balaban J connectivity index is 1.57. The van der Waals surface area contributed by atoms with Crippen LogP contribution in [0.4, 0.5) is 0 Å². The zero-order valence-corrected chi connectivity index (χ0v) is 13.7. The minimum absolute atomic E-state index is 0.135. The topological polar surface area (TPSA) is 20.3 Å². The first-order valence-corrected chi connectivity index (χ1v) is 8.54. The van der Waals surface area contributed by atoms with Gasteiger partial charge in [0.25, 0.3) is 0 Å². The number of hydrogen-bond donors (Lipinski definition) is 0. The molecule has 2 fully saturated rings. The van der Waals surface area contributed by atoms with Crippen LogP contribution in [0.25, 0.3) is 0 Å². The van der Waals surface area contributed by atoms with Gasteiger partial charge < -0.3 is 0 Å². The Morgan fingerprint density at radius 3 is 2.33 bits per heavy atom. The van der Waals surface area contributed by atoms with Crippen LogP contribution in [-0.4, -0.2) is 30.3 Å². The van der Waals surface area contributed by atoms with Gasteiger partial charge in [0.2, 0.25) is 0 Å². The van der Waals surface area contributed by atoms with Gasteiger partial charge >= 0.3 is 0 Å². The van der Waals surface area contributed by atoms with Gasteiger partial charge in [-0.15, -0.1) is 0 Å². The first-order valence-electron chi connectivity index (χ1n) is 7.79. The van der Waals surface area contributed by atoms with Crippen LogP contribution in [0.2, 0.25) is 10.0 Å². The molecule has 1 saturated carbocycles. The number of carbonyl (C=O) groups excluding carboxylic acids is 1. The molecule has 1 aromatic carbocycles. The second-order valence-corrected chi connectivity index (χ2v) is 7.35. The molecular weight excluding hydrogens is 305 g/mol. The maximum Gasteiger partial charge on any atom is 0.176 e. The summed E-state index contributed by atoms with van der Waals surface area (Å²) in [6.45, 7) is 2.59. The zero-order valence-electron chi connectivity index (χ0n) is 12.2. The molecule has 21 heavy (non-hydrogen) atoms. The van der Waals surface area contributed by atoms with Gasteiger partial charge in [0.1, 0.15) is 0 Å². The van der Waals surface area contributed by atoms with E-state index in [0.29, 0.717) is 27.6 Å². The average Bonchev–Trinajstić information content (AvgIpc) is 2.93. The van der Waals surface area contributed by atoms with Gasteiger partial charge in [0, 0.05) is 5.56 Å². The summed E-state index contributed by atoms with van der Waals surface area (Å²) in [5, 5.41) is 0.945. The van der Waals surface area contributed by atoms with E-state index in [2.05, 4.69) is 4.90 Å². The quantitative estimate of drug-likeness (QED) is 0.741. The van der Waals surface area contributed by atoms with Gasteiger partial charge in [-0.3, -0.25) is 9.69 Å². The monoisotopic (exact) mass is 325 g/mol. The van der Waals surface area contributed by atoms with E-state index in [1.165, 1.54) is 38.5 Å². The number of rotatable bonds is 3. The lowest BCUT2D eigenvalue weighted by Gasteiger charge is -2.39. The number of nitrogens with zero attached hydrogens (tertiary/aromatic N) is 1. The van der Waals surface area contributed by atoms with E-state index in [1.807, 2.05) is 0 Å². The fraction of sp³-hybridized carbons (Fsp3) is 0.588. The van der Waals surface area contributed by atoms with E-state index >= 15 is 0 Å². The molecule has 1 aliphatic carbocycles. The molecular formula is C17H21Cl2NO. The van der Waals surface area contributed by atoms with Crippen LogP contribution < -0.4 is 0 Å². The maximum absolute atomic E-state index is 12.3. The Morgan fingerprint density at radius 2 is 1.71 bits per heavy atom. The van der Waals surface area contributed by atoms with Crippen LogP contribution in [0.15, 0.2) is 18.2 Å². The van der Waals surface area contributed by atoms with Gasteiger partial charge in [0.15, 0.2) is 5.78 Å². The molecule has 3 rings (SSSR count). The van der Waals surface area contributed by atoms with Crippen molar-refractivity contribution in [3.63, 3.8) is 0 Å². The predicted molar refractivity (Wildman–Crippen MR) is 87.4 cm³/mol. The Morgan fingerprint density at radius 1 is 1.05 bits per heavy atom. The smallest absolute Gasteiger partial charge is 0.176 e. The predicted octanol–water partition coefficient (Wildman–Crippen LogP) is 4.83. The SMILES string of the molecule is O=C(CN1CCC2(CCCC2)CC1)c1ccc(Cl)c(Cl)c1. The summed E-state index contributed by atoms with van der Waals surface area (Å²) >= 11 is 11.9. The minimum atomic E-state index is 0.135. The zero-order chi connectivity index (χ0) is 14.9. The highest BCUT2D eigenvalue weighted by atomic mass is 35.5. The number of likely N-dealkylation sites (tertiary alicyclic amines) is 1. The molecule has 0 radical (unpaired) electrons. The van der Waals surface area contributed by atoms with E-state index in [0.717, 1.165) is 13.1 Å². The van der Waals surface area contributed by atoms with Crippen molar-refractivity contribution in [2.75, 3.05) is 19.6 Å². The van der Waals surface area contributed by atoms with E-state index in [4.69, 9.17) is 23.2 Å². The van der Waals surface area contributed by atoms with Gasteiger partial charge in [-0.25, -0.2) is 0 Å². The van der Waals surface area contributed by atoms with Crippen LogP contribution in [0, 0.1) is 5.41 Å². The summed E-state index contributed by atoms with van der Waals surface area (Å²) in [7, 11) is 0. The van der Waals surface area contributed by atoms with Crippen molar-refractivity contribution in [3.05, 3.63) is 33.8 Å². The number of hydrogen-bond acceptors (Lipinski definition) is 2. The van der Waals surface area contributed by atoms with Crippen LogP contribution in [0.5, 0.6) is 0 Å². The average molecular weight is 326 g/mol. The van der Waals surface area contributed by atoms with Crippen molar-refractivity contribution in [3.8, 4) is 0 Å². The summed E-state index contributed by atoms with van der Waals surface area (Å²) < 4.78 is 0. The number of benzene rings is 1. The van der Waals surface area contributed by atoms with Crippen molar-refractivity contribution in [2.24, 2.45) is 5.41 Å². The lowest BCUT2D eigenvalue weighted by atomic mass is 9.77. The van der Waals surface area contributed by atoms with E-state index in [1.54, 1.807) is 18.2 Å². The Bertz CT molecular complexity index is 528. The Kier molecular flexibility index (Phi) is 4.58. The van der Waals surface area contributed by atoms with Crippen LogP contribution in [-0.2, 0) is 0 Å². The fourth-order valence-corrected chi connectivity index (χ4v) is 4.07. The van der Waals surface area contributed by atoms with Gasteiger partial charge in [-0.05, 0) is 62.4 Å². The maximum atomic E-state index is 12.3. The summed E-state index contributed by atoms with van der Waals surface area (Å²) in [6, 6.07) is 5.13. The van der Waals surface area contributed by atoms with Crippen molar-refractivity contribution >= 4 is 29.0 Å². The second-order valence-electron chi connectivity index (χ2n) is 6.54. The Labute approximate surface area is 136 Å². The summed E-state index contributed by atoms with van der Waals surface area (Å²) in [6.07, 6.45) is 8.07. The molecule has 2 aliphatic rings. The number of carbonyl (C=O) groups is 1. The lowest BCUT2D eigenvalue weighted by molar-refractivity contribution is 0.0797. The normalized spacial score (nSPS) is 21.8. The third-order valence-electron chi connectivity index (χ3n) is 5.19. The molecule has 0 unspecified atom stereocenters. The summed E-state index contributed by atoms with van der Waals surface area (Å²) in [5.41, 5.74) is 1.26. The molecule has 1 aromatic rings. The highest BCUT2D eigenvalue weighted by Crippen LogP contribution is 2.46. The van der Waals surface area contributed by atoms with Crippen molar-refractivity contribution in [1.29, 1.82) is 0 Å². The largest absolute Gasteiger partial charge is 0.296 e. The highest BCUT2D eigenvalue weighted by molar-refractivity contribution is 6.42. The van der Waals surface area contributed by atoms with Crippen molar-refractivity contribution in [1.82, 2.24) is 4.90 Å². The molecule has 0 aromatic heterocycles. The Hall–Kier alpha value is -0.570. The molecule has 1 heterocycles. The number of Topliss-reactive ketones (excluding diaryl/α,β-unsaturated/α-hetero) is 1. The summed E-state index contributed by atoms with van der Waals surface area (Å²) in [5.74, 6) is 0.135. The standard InChI is InChI=1S/C17H21Cl2NO/c18-14-4-3-13(11-15(14)19)16(21)12-20-9-7-17(8-10-20)5-1-2-6-17/h3-4,11H,1-2,5-10,12H2. The molecule has 0 N–H and O–H groups in total. The van der Waals surface area contributed by atoms with E-state index in [-0.39, 0.29) is 5.78 Å². The van der Waals surface area contributed by atoms with Gasteiger partial charge in [-0.1, -0.05) is 36.0 Å². The second kappa shape index (κ2) is 6.28. The third-order valence-corrected chi connectivity index (χ3v) is 5.93. The molecule has 0 atom stereocenters. The first kappa shape index (κ1) is 15.3. The molecule has 4 heteroatoms. The van der Waals surface area contributed by atoms with Crippen LogP contribution in [0.1, 0.15) is 48.9 Å². The third kappa shape index (κ3) is 3.44. The molecule has 1 spiro atoms. The van der Waals surface area contributed by atoms with Crippen LogP contribution >= 0.6 is 23.2 Å². The van der Waals surface area contributed by atoms with Crippen molar-refractivity contribution in [2.45, 2.75) is 38.5 Å². The van der Waals surface area contributed by atoms with E-state index in [9.17, 15) is 4.79 Å². The van der Waals surface area contributed by atoms with Crippen LogP contribution in [0.3, 0.4) is 0 Å².